The van der Waals surface area contributed by atoms with Crippen molar-refractivity contribution in [2.45, 2.75) is 25.5 Å². The number of carboxylic acids is 1. The fraction of sp³-hybridized carbons (Fsp3) is 0.357. The van der Waals surface area contributed by atoms with E-state index in [0.717, 1.165) is 5.56 Å². The van der Waals surface area contributed by atoms with E-state index in [2.05, 4.69) is 20.8 Å². The molecule has 0 unspecified atom stereocenters. The van der Waals surface area contributed by atoms with Gasteiger partial charge in [-0.1, -0.05) is 30.3 Å². The summed E-state index contributed by atoms with van der Waals surface area (Å²) in [7, 11) is 1.66. The number of hydrogen-bond donors (Lipinski definition) is 2. The summed E-state index contributed by atoms with van der Waals surface area (Å²) in [5.41, 5.74) is 0.819. The molecule has 0 aliphatic rings. The number of carbonyl (C=O) groups is 2. The number of carboxylic acid groups (broad SMARTS) is 1. The van der Waals surface area contributed by atoms with E-state index in [4.69, 9.17) is 4.74 Å². The van der Waals surface area contributed by atoms with Gasteiger partial charge in [-0.2, -0.15) is 0 Å². The van der Waals surface area contributed by atoms with Crippen molar-refractivity contribution in [3.05, 3.63) is 41.7 Å². The largest absolute Gasteiger partial charge is 0.480 e. The summed E-state index contributed by atoms with van der Waals surface area (Å²) < 4.78 is 6.46. The van der Waals surface area contributed by atoms with E-state index in [9.17, 15) is 14.7 Å². The maximum Gasteiger partial charge on any atom is 0.408 e. The lowest BCUT2D eigenvalue weighted by Crippen LogP contribution is -2.41. The van der Waals surface area contributed by atoms with E-state index in [1.54, 1.807) is 7.05 Å². The zero-order valence-corrected chi connectivity index (χ0v) is 12.5. The van der Waals surface area contributed by atoms with E-state index in [-0.39, 0.29) is 13.0 Å². The third-order valence-corrected chi connectivity index (χ3v) is 3.17. The molecular weight excluding hydrogens is 302 g/mol. The van der Waals surface area contributed by atoms with Crippen molar-refractivity contribution in [1.82, 2.24) is 25.5 Å². The molecule has 1 amide bonds. The lowest BCUT2D eigenvalue weighted by atomic mass is 10.1. The Balaban J connectivity index is 1.82. The molecule has 9 heteroatoms. The Morgan fingerprint density at radius 3 is 2.70 bits per heavy atom. The summed E-state index contributed by atoms with van der Waals surface area (Å²) in [4.78, 5) is 22.9. The molecule has 2 rings (SSSR count). The van der Waals surface area contributed by atoms with Crippen LogP contribution in [0.3, 0.4) is 0 Å². The van der Waals surface area contributed by atoms with Gasteiger partial charge in [0.2, 0.25) is 0 Å². The average Bonchev–Trinajstić information content (AvgIpc) is 2.95. The standard InChI is InChI=1S/C14H17N5O4/c1-19-12(16-17-18-19)8-7-11(13(20)21)15-14(22)23-9-10-5-3-2-4-6-10/h2-6,11H,7-9H2,1H3,(H,15,22)(H,20,21)/t11-/m0/s1. The number of aliphatic carboxylic acids is 1. The molecule has 9 nitrogen and oxygen atoms in total. The smallest absolute Gasteiger partial charge is 0.408 e. The number of alkyl carbamates (subject to hydrolysis) is 1. The Hall–Kier alpha value is -2.97. The van der Waals surface area contributed by atoms with Crippen LogP contribution >= 0.6 is 0 Å². The van der Waals surface area contributed by atoms with Crippen LogP contribution in [0, 0.1) is 0 Å². The molecule has 1 aromatic heterocycles. The van der Waals surface area contributed by atoms with Crippen LogP contribution < -0.4 is 5.32 Å². The lowest BCUT2D eigenvalue weighted by molar-refractivity contribution is -0.139. The Bertz CT molecular complexity index is 658. The molecule has 2 N–H and O–H groups in total. The summed E-state index contributed by atoms with van der Waals surface area (Å²) in [5.74, 6) is -0.604. The molecule has 0 aliphatic heterocycles. The normalized spacial score (nSPS) is 11.7. The quantitative estimate of drug-likeness (QED) is 0.763. The summed E-state index contributed by atoms with van der Waals surface area (Å²) in [6, 6.07) is 8.05. The molecule has 1 heterocycles. The second-order valence-corrected chi connectivity index (χ2v) is 4.85. The zero-order valence-electron chi connectivity index (χ0n) is 12.5. The van der Waals surface area contributed by atoms with Crippen molar-refractivity contribution in [3.8, 4) is 0 Å². The van der Waals surface area contributed by atoms with E-state index >= 15 is 0 Å². The monoisotopic (exact) mass is 319 g/mol. The van der Waals surface area contributed by atoms with Crippen LogP contribution in [0.1, 0.15) is 17.8 Å². The van der Waals surface area contributed by atoms with E-state index in [1.807, 2.05) is 30.3 Å². The van der Waals surface area contributed by atoms with Crippen LogP contribution in [0.5, 0.6) is 0 Å². The number of hydrogen-bond acceptors (Lipinski definition) is 6. The van der Waals surface area contributed by atoms with Gasteiger partial charge in [-0.3, -0.25) is 0 Å². The first-order valence-electron chi connectivity index (χ1n) is 6.97. The fourth-order valence-corrected chi connectivity index (χ4v) is 1.90. The zero-order chi connectivity index (χ0) is 16.7. The van der Waals surface area contributed by atoms with Crippen LogP contribution in [-0.2, 0) is 29.6 Å². The Kier molecular flexibility index (Phi) is 5.61. The third kappa shape index (κ3) is 5.06. The maximum atomic E-state index is 11.7. The Morgan fingerprint density at radius 2 is 2.09 bits per heavy atom. The molecule has 1 atom stereocenters. The fourth-order valence-electron chi connectivity index (χ4n) is 1.90. The lowest BCUT2D eigenvalue weighted by Gasteiger charge is -2.14. The molecule has 0 spiro atoms. The van der Waals surface area contributed by atoms with Crippen molar-refractivity contribution < 1.29 is 19.4 Å². The topological polar surface area (TPSA) is 119 Å². The molecule has 1 aromatic carbocycles. The highest BCUT2D eigenvalue weighted by atomic mass is 16.5. The minimum atomic E-state index is -1.14. The number of nitrogens with zero attached hydrogens (tertiary/aromatic N) is 4. The first kappa shape index (κ1) is 16.4. The molecule has 0 saturated carbocycles. The summed E-state index contributed by atoms with van der Waals surface area (Å²) in [6.45, 7) is 0.0756. The number of aryl methyl sites for hydroxylation is 2. The van der Waals surface area contributed by atoms with Crippen molar-refractivity contribution in [3.63, 3.8) is 0 Å². The summed E-state index contributed by atoms with van der Waals surface area (Å²) in [5, 5.41) is 22.4. The van der Waals surface area contributed by atoms with Gasteiger partial charge in [-0.15, -0.1) is 5.10 Å². The van der Waals surface area contributed by atoms with E-state index in [1.165, 1.54) is 4.68 Å². The average molecular weight is 319 g/mol. The van der Waals surface area contributed by atoms with Crippen molar-refractivity contribution in [2.75, 3.05) is 0 Å². The highest BCUT2D eigenvalue weighted by molar-refractivity contribution is 5.79. The molecule has 0 bridgehead atoms. The number of aromatic nitrogens is 4. The van der Waals surface area contributed by atoms with Crippen LogP contribution in [-0.4, -0.2) is 43.4 Å². The minimum absolute atomic E-state index is 0.0756. The first-order chi connectivity index (χ1) is 11.1. The number of amides is 1. The highest BCUT2D eigenvalue weighted by Crippen LogP contribution is 2.03. The number of carbonyl (C=O) groups excluding carboxylic acids is 1. The molecule has 0 saturated heterocycles. The molecule has 2 aromatic rings. The molecule has 0 radical (unpaired) electrons. The number of tetrazole rings is 1. The number of ether oxygens (including phenoxy) is 1. The van der Waals surface area contributed by atoms with Gasteiger partial charge in [0.15, 0.2) is 5.82 Å². The van der Waals surface area contributed by atoms with Crippen LogP contribution in [0.25, 0.3) is 0 Å². The van der Waals surface area contributed by atoms with Crippen LogP contribution in [0.15, 0.2) is 30.3 Å². The third-order valence-electron chi connectivity index (χ3n) is 3.17. The van der Waals surface area contributed by atoms with Gasteiger partial charge in [-0.25, -0.2) is 14.3 Å². The first-order valence-corrected chi connectivity index (χ1v) is 6.97. The summed E-state index contributed by atoms with van der Waals surface area (Å²) in [6.07, 6.45) is -0.305. The van der Waals surface area contributed by atoms with Gasteiger partial charge < -0.3 is 15.2 Å². The van der Waals surface area contributed by atoms with Crippen LogP contribution in [0.4, 0.5) is 4.79 Å². The van der Waals surface area contributed by atoms with Gasteiger partial charge in [0.05, 0.1) is 0 Å². The number of rotatable bonds is 7. The molecule has 122 valence electrons. The SMILES string of the molecule is Cn1nnnc1CC[C@H](NC(=O)OCc1ccccc1)C(=O)O. The molecular formula is C14H17N5O4. The van der Waals surface area contributed by atoms with Gasteiger partial charge in [0, 0.05) is 13.5 Å². The van der Waals surface area contributed by atoms with Gasteiger partial charge in [0.1, 0.15) is 12.6 Å². The van der Waals surface area contributed by atoms with Gasteiger partial charge >= 0.3 is 12.1 Å². The van der Waals surface area contributed by atoms with Crippen LogP contribution in [0.2, 0.25) is 0 Å². The van der Waals surface area contributed by atoms with Crippen molar-refractivity contribution in [1.29, 1.82) is 0 Å². The predicted molar refractivity (Wildman–Crippen MR) is 78.3 cm³/mol. The van der Waals surface area contributed by atoms with Gasteiger partial charge in [0.25, 0.3) is 0 Å². The highest BCUT2D eigenvalue weighted by Gasteiger charge is 2.21. The predicted octanol–water partition coefficient (Wildman–Crippen LogP) is 0.522. The Morgan fingerprint density at radius 1 is 1.35 bits per heavy atom. The minimum Gasteiger partial charge on any atom is -0.480 e. The van der Waals surface area contributed by atoms with Crippen molar-refractivity contribution in [2.24, 2.45) is 7.05 Å². The van der Waals surface area contributed by atoms with Gasteiger partial charge in [-0.05, 0) is 22.4 Å². The summed E-state index contributed by atoms with van der Waals surface area (Å²) >= 11 is 0. The molecule has 0 aliphatic carbocycles. The molecule has 0 fully saturated rings. The second kappa shape index (κ2) is 7.87. The second-order valence-electron chi connectivity index (χ2n) is 4.85. The number of benzene rings is 1. The van der Waals surface area contributed by atoms with E-state index in [0.29, 0.717) is 12.2 Å². The van der Waals surface area contributed by atoms with E-state index < -0.39 is 18.1 Å². The number of nitrogens with one attached hydrogen (secondary N) is 1. The molecule has 23 heavy (non-hydrogen) atoms. The Labute approximate surface area is 132 Å². The maximum absolute atomic E-state index is 11.7. The van der Waals surface area contributed by atoms with Crippen molar-refractivity contribution >= 4 is 12.1 Å².